The summed E-state index contributed by atoms with van der Waals surface area (Å²) in [5, 5.41) is 9.77. The highest BCUT2D eigenvalue weighted by molar-refractivity contribution is 6.26. The minimum absolute atomic E-state index is 0.0200. The average molecular weight is 223 g/mol. The van der Waals surface area contributed by atoms with E-state index >= 15 is 0 Å². The van der Waals surface area contributed by atoms with Crippen molar-refractivity contribution in [3.05, 3.63) is 35.1 Å². The monoisotopic (exact) mass is 223 g/mol. The van der Waals surface area contributed by atoms with Gasteiger partial charge in [0, 0.05) is 6.54 Å². The standard InChI is InChI=1S/C10H11BFNO3/c1-16-9(14)10(11,15)8-4-7(12)3-2-6(8)5-13/h2-4,15H,5,13H2,1H3. The largest absolute Gasteiger partial charge is 0.467 e. The van der Waals surface area contributed by atoms with Gasteiger partial charge < -0.3 is 15.6 Å². The van der Waals surface area contributed by atoms with Crippen molar-refractivity contribution >= 4 is 13.8 Å². The number of nitrogens with two attached hydrogens (primary N) is 1. The molecule has 1 aromatic carbocycles. The van der Waals surface area contributed by atoms with E-state index < -0.39 is 17.3 Å². The third-order valence-electron chi connectivity index (χ3n) is 2.20. The number of esters is 1. The Morgan fingerprint density at radius 1 is 1.69 bits per heavy atom. The molecule has 0 amide bonds. The first-order chi connectivity index (χ1) is 7.43. The Balaban J connectivity index is 3.30. The van der Waals surface area contributed by atoms with Crippen molar-refractivity contribution in [2.75, 3.05) is 7.11 Å². The van der Waals surface area contributed by atoms with Crippen LogP contribution in [-0.2, 0) is 21.6 Å². The molecule has 0 heterocycles. The number of carbonyl (C=O) groups is 1. The maximum absolute atomic E-state index is 13.0. The Bertz CT molecular complexity index is 409. The first kappa shape index (κ1) is 12.7. The number of methoxy groups -OCH3 is 1. The summed E-state index contributed by atoms with van der Waals surface area (Å²) in [5.74, 6) is -1.70. The van der Waals surface area contributed by atoms with Gasteiger partial charge in [0.2, 0.25) is 0 Å². The molecular weight excluding hydrogens is 212 g/mol. The van der Waals surface area contributed by atoms with Gasteiger partial charge in [0.05, 0.1) is 7.11 Å². The van der Waals surface area contributed by atoms with Crippen molar-refractivity contribution in [2.45, 2.75) is 12.0 Å². The highest BCUT2D eigenvalue weighted by Gasteiger charge is 2.34. The van der Waals surface area contributed by atoms with Crippen LogP contribution in [0.3, 0.4) is 0 Å². The Morgan fingerprint density at radius 3 is 2.81 bits per heavy atom. The Labute approximate surface area is 93.6 Å². The molecule has 1 atom stereocenters. The molecular formula is C10H11BFNO3. The Hall–Kier alpha value is -1.40. The second-order valence-electron chi connectivity index (χ2n) is 3.26. The predicted molar refractivity (Wildman–Crippen MR) is 56.0 cm³/mol. The van der Waals surface area contributed by atoms with Crippen LogP contribution in [-0.4, -0.2) is 26.0 Å². The van der Waals surface area contributed by atoms with E-state index in [9.17, 15) is 14.3 Å². The number of carbonyl (C=O) groups excluding carboxylic acids is 1. The summed E-state index contributed by atoms with van der Waals surface area (Å²) in [6.45, 7) is 0.0200. The van der Waals surface area contributed by atoms with Gasteiger partial charge in [-0.1, -0.05) is 6.07 Å². The topological polar surface area (TPSA) is 72.5 Å². The van der Waals surface area contributed by atoms with Crippen LogP contribution in [0.1, 0.15) is 11.1 Å². The van der Waals surface area contributed by atoms with Crippen LogP contribution in [0.15, 0.2) is 18.2 Å². The van der Waals surface area contributed by atoms with Crippen molar-refractivity contribution in [2.24, 2.45) is 5.73 Å². The second kappa shape index (κ2) is 4.63. The first-order valence-corrected chi connectivity index (χ1v) is 4.52. The normalized spacial score (nSPS) is 14.2. The number of ether oxygens (including phenoxy) is 1. The van der Waals surface area contributed by atoms with Crippen molar-refractivity contribution < 1.29 is 19.0 Å². The lowest BCUT2D eigenvalue weighted by molar-refractivity contribution is -0.154. The number of aliphatic hydroxyl groups is 1. The van der Waals surface area contributed by atoms with E-state index in [-0.39, 0.29) is 12.1 Å². The van der Waals surface area contributed by atoms with Gasteiger partial charge in [-0.15, -0.1) is 0 Å². The van der Waals surface area contributed by atoms with Crippen molar-refractivity contribution in [3.63, 3.8) is 0 Å². The van der Waals surface area contributed by atoms with Crippen molar-refractivity contribution in [3.8, 4) is 0 Å². The van der Waals surface area contributed by atoms with Crippen LogP contribution in [0.2, 0.25) is 0 Å². The van der Waals surface area contributed by atoms with Gasteiger partial charge in [-0.25, -0.2) is 9.18 Å². The first-order valence-electron chi connectivity index (χ1n) is 4.52. The van der Waals surface area contributed by atoms with E-state index in [2.05, 4.69) is 4.74 Å². The van der Waals surface area contributed by atoms with E-state index in [0.717, 1.165) is 13.2 Å². The smallest absolute Gasteiger partial charge is 0.332 e. The Kier molecular flexibility index (Phi) is 3.67. The molecule has 1 rings (SSSR count). The summed E-state index contributed by atoms with van der Waals surface area (Å²) in [7, 11) is 6.47. The summed E-state index contributed by atoms with van der Waals surface area (Å²) in [4.78, 5) is 11.3. The van der Waals surface area contributed by atoms with Gasteiger partial charge >= 0.3 is 5.97 Å². The number of rotatable bonds is 3. The number of hydrogen-bond donors (Lipinski definition) is 2. The molecule has 0 aliphatic rings. The lowest BCUT2D eigenvalue weighted by Gasteiger charge is -2.23. The summed E-state index contributed by atoms with van der Waals surface area (Å²) < 4.78 is 17.4. The van der Waals surface area contributed by atoms with Gasteiger partial charge in [0.25, 0.3) is 0 Å². The van der Waals surface area contributed by atoms with Crippen LogP contribution in [0, 0.1) is 5.82 Å². The SMILES string of the molecule is [B]C(O)(C(=O)OC)c1cc(F)ccc1CN. The minimum Gasteiger partial charge on any atom is -0.467 e. The zero-order chi connectivity index (χ0) is 12.3. The minimum atomic E-state index is -2.40. The quantitative estimate of drug-likeness (QED) is 0.548. The summed E-state index contributed by atoms with van der Waals surface area (Å²) in [6.07, 6.45) is 0. The summed E-state index contributed by atoms with van der Waals surface area (Å²) in [6, 6.07) is 3.48. The molecule has 0 aliphatic carbocycles. The molecule has 3 N–H and O–H groups in total. The molecule has 0 spiro atoms. The molecule has 0 saturated carbocycles. The number of hydrogen-bond acceptors (Lipinski definition) is 4. The fourth-order valence-electron chi connectivity index (χ4n) is 1.35. The van der Waals surface area contributed by atoms with Crippen LogP contribution >= 0.6 is 0 Å². The Morgan fingerprint density at radius 2 is 2.31 bits per heavy atom. The molecule has 1 unspecified atom stereocenters. The molecule has 1 aromatic rings. The molecule has 0 bridgehead atoms. The average Bonchev–Trinajstić information content (AvgIpc) is 2.27. The van der Waals surface area contributed by atoms with Crippen LogP contribution in [0.25, 0.3) is 0 Å². The molecule has 2 radical (unpaired) electrons. The zero-order valence-corrected chi connectivity index (χ0v) is 8.74. The van der Waals surface area contributed by atoms with Crippen molar-refractivity contribution in [1.29, 1.82) is 0 Å². The maximum atomic E-state index is 13.0. The molecule has 0 saturated heterocycles. The molecule has 0 aromatic heterocycles. The van der Waals surface area contributed by atoms with Crippen LogP contribution < -0.4 is 5.73 Å². The van der Waals surface area contributed by atoms with Gasteiger partial charge in [-0.05, 0) is 23.3 Å². The van der Waals surface area contributed by atoms with E-state index in [1.165, 1.54) is 12.1 Å². The summed E-state index contributed by atoms with van der Waals surface area (Å²) in [5.41, 5.74) is 3.28. The number of benzene rings is 1. The molecule has 16 heavy (non-hydrogen) atoms. The fraction of sp³-hybridized carbons (Fsp3) is 0.300. The highest BCUT2D eigenvalue weighted by atomic mass is 19.1. The van der Waals surface area contributed by atoms with Gasteiger partial charge in [0.1, 0.15) is 19.2 Å². The third-order valence-corrected chi connectivity index (χ3v) is 2.20. The van der Waals surface area contributed by atoms with Crippen LogP contribution in [0.4, 0.5) is 4.39 Å². The predicted octanol–water partition coefficient (Wildman–Crippen LogP) is -0.229. The van der Waals surface area contributed by atoms with Gasteiger partial charge in [-0.3, -0.25) is 0 Å². The van der Waals surface area contributed by atoms with Crippen LogP contribution in [0.5, 0.6) is 0 Å². The summed E-state index contributed by atoms with van der Waals surface area (Å²) >= 11 is 0. The van der Waals surface area contributed by atoms with E-state index in [0.29, 0.717) is 5.56 Å². The lowest BCUT2D eigenvalue weighted by atomic mass is 9.74. The molecule has 84 valence electrons. The lowest BCUT2D eigenvalue weighted by Crippen LogP contribution is -2.38. The van der Waals surface area contributed by atoms with E-state index in [1.54, 1.807) is 0 Å². The third kappa shape index (κ3) is 2.23. The van der Waals surface area contributed by atoms with Crippen molar-refractivity contribution in [1.82, 2.24) is 0 Å². The molecule has 0 aliphatic heterocycles. The molecule has 0 fully saturated rings. The molecule has 4 nitrogen and oxygen atoms in total. The van der Waals surface area contributed by atoms with Gasteiger partial charge in [-0.2, -0.15) is 0 Å². The fourth-order valence-corrected chi connectivity index (χ4v) is 1.35. The van der Waals surface area contributed by atoms with E-state index in [1.807, 2.05) is 0 Å². The zero-order valence-electron chi connectivity index (χ0n) is 8.74. The second-order valence-corrected chi connectivity index (χ2v) is 3.26. The highest BCUT2D eigenvalue weighted by Crippen LogP contribution is 2.24. The molecule has 6 heteroatoms. The van der Waals surface area contributed by atoms with Gasteiger partial charge in [0.15, 0.2) is 0 Å². The van der Waals surface area contributed by atoms with E-state index in [4.69, 9.17) is 13.6 Å². The maximum Gasteiger partial charge on any atom is 0.332 e. The number of halogens is 1.